The Kier molecular flexibility index (Phi) is 3.81. The van der Waals surface area contributed by atoms with Gasteiger partial charge in [0.05, 0.1) is 6.20 Å². The van der Waals surface area contributed by atoms with Gasteiger partial charge in [0, 0.05) is 55.5 Å². The maximum absolute atomic E-state index is 6.07. The van der Waals surface area contributed by atoms with Crippen LogP contribution >= 0.6 is 11.8 Å². The Hall–Kier alpha value is -0.780. The van der Waals surface area contributed by atoms with Crippen molar-refractivity contribution in [2.24, 2.45) is 0 Å². The highest BCUT2D eigenvalue weighted by Gasteiger charge is 2.51. The molecule has 4 nitrogen and oxygen atoms in total. The van der Waals surface area contributed by atoms with Crippen LogP contribution in [0.1, 0.15) is 19.3 Å². The summed E-state index contributed by atoms with van der Waals surface area (Å²) in [6, 6.07) is 4.68. The highest BCUT2D eigenvalue weighted by atomic mass is 32.2. The number of aromatic nitrogens is 1. The van der Waals surface area contributed by atoms with Crippen LogP contribution in [0.25, 0.3) is 0 Å². The zero-order valence-corrected chi connectivity index (χ0v) is 13.1. The topological polar surface area (TPSA) is 34.6 Å². The first-order chi connectivity index (χ1) is 10.3. The molecular formula is C16H22N2O2S. The molecule has 3 aliphatic rings. The van der Waals surface area contributed by atoms with E-state index in [1.54, 1.807) is 6.20 Å². The molecule has 3 saturated heterocycles. The van der Waals surface area contributed by atoms with Crippen molar-refractivity contribution in [3.63, 3.8) is 0 Å². The minimum Gasteiger partial charge on any atom is -0.488 e. The van der Waals surface area contributed by atoms with Crippen LogP contribution in [0.3, 0.4) is 0 Å². The minimum absolute atomic E-state index is 0.344. The molecule has 1 atom stereocenters. The largest absolute Gasteiger partial charge is 0.488 e. The summed E-state index contributed by atoms with van der Waals surface area (Å²) in [5.74, 6) is 2.01. The van der Waals surface area contributed by atoms with E-state index in [9.17, 15) is 0 Å². The number of ether oxygens (including phenoxy) is 2. The summed E-state index contributed by atoms with van der Waals surface area (Å²) in [7, 11) is 0. The second-order valence-electron chi connectivity index (χ2n) is 6.38. The predicted molar refractivity (Wildman–Crippen MR) is 83.9 cm³/mol. The number of hydrogen-bond acceptors (Lipinski definition) is 5. The quantitative estimate of drug-likeness (QED) is 0.855. The van der Waals surface area contributed by atoms with Crippen molar-refractivity contribution in [2.75, 3.05) is 32.1 Å². The molecule has 0 aliphatic carbocycles. The Bertz CT molecular complexity index is 472. The van der Waals surface area contributed by atoms with E-state index in [0.29, 0.717) is 10.9 Å². The molecule has 3 fully saturated rings. The molecule has 1 spiro atoms. The average molecular weight is 306 g/mol. The van der Waals surface area contributed by atoms with Gasteiger partial charge < -0.3 is 9.47 Å². The first-order valence-corrected chi connectivity index (χ1v) is 8.84. The minimum atomic E-state index is 0.344. The first kappa shape index (κ1) is 13.9. The Morgan fingerprint density at radius 3 is 2.95 bits per heavy atom. The van der Waals surface area contributed by atoms with Gasteiger partial charge in [-0.3, -0.25) is 9.88 Å². The molecule has 1 aromatic rings. The van der Waals surface area contributed by atoms with Crippen LogP contribution in [0, 0.1) is 0 Å². The number of hydrogen-bond donors (Lipinski definition) is 0. The predicted octanol–water partition coefficient (Wildman–Crippen LogP) is 2.20. The second kappa shape index (κ2) is 5.78. The van der Waals surface area contributed by atoms with Crippen LogP contribution in [0.5, 0.6) is 5.75 Å². The van der Waals surface area contributed by atoms with Gasteiger partial charge in [0.1, 0.15) is 11.9 Å². The number of thioether (sulfide) groups is 1. The van der Waals surface area contributed by atoms with E-state index >= 15 is 0 Å². The molecule has 0 bridgehead atoms. The zero-order valence-electron chi connectivity index (χ0n) is 12.2. The SMILES string of the molecule is c1cncc(OC2CSC3(C2)CN(C2CCOCC2)C3)c1. The van der Waals surface area contributed by atoms with Gasteiger partial charge in [0.25, 0.3) is 0 Å². The van der Waals surface area contributed by atoms with Gasteiger partial charge >= 0.3 is 0 Å². The van der Waals surface area contributed by atoms with Crippen LogP contribution in [-0.2, 0) is 4.74 Å². The Morgan fingerprint density at radius 2 is 2.19 bits per heavy atom. The zero-order chi connectivity index (χ0) is 14.1. The third-order valence-electron chi connectivity index (χ3n) is 4.80. The standard InChI is InChI=1S/C16H22N2O2S/c1-2-14(9-17-5-1)20-15-8-16(21-10-15)11-18(12-16)13-3-6-19-7-4-13/h1-2,5,9,13,15H,3-4,6-8,10-12H2. The van der Waals surface area contributed by atoms with E-state index in [1.165, 1.54) is 32.4 Å². The van der Waals surface area contributed by atoms with Crippen molar-refractivity contribution in [2.45, 2.75) is 36.2 Å². The van der Waals surface area contributed by atoms with Crippen LogP contribution < -0.4 is 4.74 Å². The first-order valence-electron chi connectivity index (χ1n) is 7.85. The van der Waals surface area contributed by atoms with Crippen molar-refractivity contribution in [3.8, 4) is 5.75 Å². The fraction of sp³-hybridized carbons (Fsp3) is 0.688. The average Bonchev–Trinajstić information content (AvgIpc) is 2.92. The molecule has 5 heteroatoms. The molecular weight excluding hydrogens is 284 g/mol. The summed E-state index contributed by atoms with van der Waals surface area (Å²) in [6.45, 7) is 4.34. The van der Waals surface area contributed by atoms with Gasteiger partial charge in [-0.15, -0.1) is 11.8 Å². The van der Waals surface area contributed by atoms with Crippen LogP contribution in [-0.4, -0.2) is 58.8 Å². The van der Waals surface area contributed by atoms with Gasteiger partial charge in [-0.05, 0) is 25.0 Å². The van der Waals surface area contributed by atoms with Crippen molar-refractivity contribution in [3.05, 3.63) is 24.5 Å². The lowest BCUT2D eigenvalue weighted by atomic mass is 9.89. The van der Waals surface area contributed by atoms with Crippen molar-refractivity contribution < 1.29 is 9.47 Å². The van der Waals surface area contributed by atoms with Gasteiger partial charge in [0.2, 0.25) is 0 Å². The smallest absolute Gasteiger partial charge is 0.138 e. The van der Waals surface area contributed by atoms with Gasteiger partial charge in [-0.2, -0.15) is 0 Å². The van der Waals surface area contributed by atoms with Gasteiger partial charge in [-0.25, -0.2) is 0 Å². The molecule has 3 aliphatic heterocycles. The fourth-order valence-electron chi connectivity index (χ4n) is 3.71. The van der Waals surface area contributed by atoms with E-state index in [4.69, 9.17) is 9.47 Å². The molecule has 1 aromatic heterocycles. The van der Waals surface area contributed by atoms with Crippen LogP contribution in [0.4, 0.5) is 0 Å². The van der Waals surface area contributed by atoms with Crippen molar-refractivity contribution in [1.29, 1.82) is 0 Å². The highest BCUT2D eigenvalue weighted by Crippen LogP contribution is 2.47. The van der Waals surface area contributed by atoms with E-state index < -0.39 is 0 Å². The molecule has 0 aromatic carbocycles. The summed E-state index contributed by atoms with van der Waals surface area (Å²) in [5, 5.41) is 0. The van der Waals surface area contributed by atoms with E-state index in [1.807, 2.05) is 18.3 Å². The summed E-state index contributed by atoms with van der Waals surface area (Å²) in [5.41, 5.74) is 0. The summed E-state index contributed by atoms with van der Waals surface area (Å²) in [6.07, 6.45) is 7.52. The number of likely N-dealkylation sites (tertiary alicyclic amines) is 1. The van der Waals surface area contributed by atoms with Gasteiger partial charge in [-0.1, -0.05) is 0 Å². The molecule has 0 N–H and O–H groups in total. The normalized spacial score (nSPS) is 29.4. The number of pyridine rings is 1. The molecule has 0 radical (unpaired) electrons. The third-order valence-corrected chi connectivity index (χ3v) is 6.38. The van der Waals surface area contributed by atoms with Crippen LogP contribution in [0.15, 0.2) is 24.5 Å². The molecule has 0 saturated carbocycles. The summed E-state index contributed by atoms with van der Waals surface area (Å²) in [4.78, 5) is 6.77. The number of nitrogens with zero attached hydrogens (tertiary/aromatic N) is 2. The summed E-state index contributed by atoms with van der Waals surface area (Å²) < 4.78 is 12.0. The van der Waals surface area contributed by atoms with E-state index in [2.05, 4.69) is 21.6 Å². The lowest BCUT2D eigenvalue weighted by Gasteiger charge is -2.52. The molecule has 4 rings (SSSR count). The fourth-order valence-corrected chi connectivity index (χ4v) is 5.25. The molecule has 1 unspecified atom stereocenters. The Morgan fingerprint density at radius 1 is 1.33 bits per heavy atom. The molecule has 0 amide bonds. The summed E-state index contributed by atoms with van der Waals surface area (Å²) >= 11 is 2.11. The lowest BCUT2D eigenvalue weighted by Crippen LogP contribution is -2.62. The molecule has 114 valence electrons. The van der Waals surface area contributed by atoms with Gasteiger partial charge in [0.15, 0.2) is 0 Å². The Labute approximate surface area is 130 Å². The van der Waals surface area contributed by atoms with Crippen molar-refractivity contribution in [1.82, 2.24) is 9.88 Å². The molecule has 4 heterocycles. The third kappa shape index (κ3) is 2.91. The van der Waals surface area contributed by atoms with E-state index in [0.717, 1.165) is 30.8 Å². The number of rotatable bonds is 3. The monoisotopic (exact) mass is 306 g/mol. The molecule has 21 heavy (non-hydrogen) atoms. The Balaban J connectivity index is 1.29. The maximum atomic E-state index is 6.07. The van der Waals surface area contributed by atoms with E-state index in [-0.39, 0.29) is 0 Å². The van der Waals surface area contributed by atoms with Crippen LogP contribution in [0.2, 0.25) is 0 Å². The second-order valence-corrected chi connectivity index (χ2v) is 7.86. The maximum Gasteiger partial charge on any atom is 0.138 e. The van der Waals surface area contributed by atoms with Crippen molar-refractivity contribution >= 4 is 11.8 Å². The highest BCUT2D eigenvalue weighted by molar-refractivity contribution is 8.01. The lowest BCUT2D eigenvalue weighted by molar-refractivity contribution is -0.00944.